The van der Waals surface area contributed by atoms with Gasteiger partial charge in [0.15, 0.2) is 0 Å². The molecular formula is C32H37N3O4. The number of ether oxygens (including phenoxy) is 2. The monoisotopic (exact) mass is 527 g/mol. The van der Waals surface area contributed by atoms with Gasteiger partial charge in [-0.25, -0.2) is 9.59 Å². The van der Waals surface area contributed by atoms with Crippen molar-refractivity contribution < 1.29 is 19.1 Å². The van der Waals surface area contributed by atoms with Crippen molar-refractivity contribution in [1.82, 2.24) is 15.5 Å². The average Bonchev–Trinajstić information content (AvgIpc) is 3.47. The van der Waals surface area contributed by atoms with Crippen LogP contribution < -0.4 is 10.6 Å². The third-order valence-corrected chi connectivity index (χ3v) is 7.20. The third-order valence-electron chi connectivity index (χ3n) is 7.20. The summed E-state index contributed by atoms with van der Waals surface area (Å²) in [6.07, 6.45) is 0.130. The number of likely N-dealkylation sites (tertiary alicyclic amines) is 1. The van der Waals surface area contributed by atoms with Crippen LogP contribution in [0.15, 0.2) is 72.8 Å². The van der Waals surface area contributed by atoms with E-state index in [2.05, 4.69) is 51.9 Å². The van der Waals surface area contributed by atoms with Crippen molar-refractivity contribution in [2.24, 2.45) is 0 Å². The van der Waals surface area contributed by atoms with E-state index in [1.807, 2.05) is 57.2 Å². The van der Waals surface area contributed by atoms with E-state index >= 15 is 0 Å². The molecule has 204 valence electrons. The van der Waals surface area contributed by atoms with Crippen LogP contribution in [0.4, 0.5) is 9.59 Å². The highest BCUT2D eigenvalue weighted by Gasteiger charge is 2.29. The normalized spacial score (nSPS) is 16.8. The fourth-order valence-corrected chi connectivity index (χ4v) is 5.41. The maximum absolute atomic E-state index is 12.5. The Morgan fingerprint density at radius 3 is 2.13 bits per heavy atom. The second-order valence-electron chi connectivity index (χ2n) is 11.4. The molecule has 3 aromatic rings. The molecule has 2 amide bonds. The third kappa shape index (κ3) is 6.79. The molecule has 1 saturated heterocycles. The molecule has 7 nitrogen and oxygen atoms in total. The van der Waals surface area contributed by atoms with Gasteiger partial charge in [0.2, 0.25) is 0 Å². The van der Waals surface area contributed by atoms with Crippen molar-refractivity contribution in [2.45, 2.75) is 57.8 Å². The number of hydrogen-bond acceptors (Lipinski definition) is 5. The first-order chi connectivity index (χ1) is 18.7. The standard InChI is InChI=1S/C32H37N3O4/c1-32(2,3)39-31(37)34-24-16-17-35(20-24)19-23-14-12-22(13-15-23)18-33-30(36)38-21-29-27-10-6-4-8-25(27)26-9-5-7-11-28(26)29/h4-15,24,29H,16-21H2,1-3H3,(H,33,36)(H,34,37). The zero-order valence-corrected chi connectivity index (χ0v) is 22.9. The molecule has 0 saturated carbocycles. The van der Waals surface area contributed by atoms with Gasteiger partial charge < -0.3 is 20.1 Å². The molecule has 1 aliphatic carbocycles. The topological polar surface area (TPSA) is 79.9 Å². The van der Waals surface area contributed by atoms with Crippen LogP contribution in [0.3, 0.4) is 0 Å². The summed E-state index contributed by atoms with van der Waals surface area (Å²) in [6.45, 7) is 8.84. The van der Waals surface area contributed by atoms with Gasteiger partial charge in [0.25, 0.3) is 0 Å². The minimum absolute atomic E-state index is 0.0481. The smallest absolute Gasteiger partial charge is 0.407 e. The number of hydrogen-bond donors (Lipinski definition) is 2. The second-order valence-corrected chi connectivity index (χ2v) is 11.4. The summed E-state index contributed by atoms with van der Waals surface area (Å²) in [4.78, 5) is 26.9. The fraction of sp³-hybridized carbons (Fsp3) is 0.375. The van der Waals surface area contributed by atoms with Crippen molar-refractivity contribution >= 4 is 12.2 Å². The zero-order valence-electron chi connectivity index (χ0n) is 22.9. The Morgan fingerprint density at radius 1 is 0.872 bits per heavy atom. The highest BCUT2D eigenvalue weighted by Crippen LogP contribution is 2.44. The highest BCUT2D eigenvalue weighted by atomic mass is 16.6. The molecular weight excluding hydrogens is 490 g/mol. The van der Waals surface area contributed by atoms with Crippen LogP contribution in [0.2, 0.25) is 0 Å². The predicted molar refractivity (Wildman–Crippen MR) is 151 cm³/mol. The Bertz CT molecular complexity index is 1270. The molecule has 1 aliphatic heterocycles. The van der Waals surface area contributed by atoms with Gasteiger partial charge in [-0.1, -0.05) is 72.8 Å². The summed E-state index contributed by atoms with van der Waals surface area (Å²) in [5.41, 5.74) is 6.54. The first-order valence-electron chi connectivity index (χ1n) is 13.6. The summed E-state index contributed by atoms with van der Waals surface area (Å²) in [7, 11) is 0. The number of fused-ring (bicyclic) bond motifs is 3. The Hall–Kier alpha value is -3.84. The number of amides is 2. The van der Waals surface area contributed by atoms with Gasteiger partial charge in [-0.05, 0) is 60.6 Å². The van der Waals surface area contributed by atoms with Crippen LogP contribution in [0.25, 0.3) is 11.1 Å². The molecule has 0 radical (unpaired) electrons. The molecule has 1 atom stereocenters. The minimum Gasteiger partial charge on any atom is -0.449 e. The molecule has 0 spiro atoms. The summed E-state index contributed by atoms with van der Waals surface area (Å²) in [6, 6.07) is 25.0. The van der Waals surface area contributed by atoms with E-state index in [1.165, 1.54) is 27.8 Å². The van der Waals surface area contributed by atoms with E-state index in [-0.39, 0.29) is 18.1 Å². The molecule has 1 fully saturated rings. The van der Waals surface area contributed by atoms with E-state index in [1.54, 1.807) is 0 Å². The van der Waals surface area contributed by atoms with Crippen LogP contribution >= 0.6 is 0 Å². The van der Waals surface area contributed by atoms with Crippen LogP contribution in [0.1, 0.15) is 55.4 Å². The minimum atomic E-state index is -0.496. The quantitative estimate of drug-likeness (QED) is 0.405. The lowest BCUT2D eigenvalue weighted by Gasteiger charge is -2.22. The first-order valence-corrected chi connectivity index (χ1v) is 13.6. The molecule has 1 heterocycles. The van der Waals surface area contributed by atoms with Crippen LogP contribution in [-0.4, -0.2) is 48.4 Å². The number of alkyl carbamates (subject to hydrolysis) is 2. The number of rotatable bonds is 7. The second kappa shape index (κ2) is 11.5. The van der Waals surface area contributed by atoms with Crippen LogP contribution in [-0.2, 0) is 22.6 Å². The molecule has 1 unspecified atom stereocenters. The molecule has 0 bridgehead atoms. The average molecular weight is 528 g/mol. The summed E-state index contributed by atoms with van der Waals surface area (Å²) >= 11 is 0. The number of nitrogens with zero attached hydrogens (tertiary/aromatic N) is 1. The van der Waals surface area contributed by atoms with E-state index < -0.39 is 11.7 Å². The van der Waals surface area contributed by atoms with E-state index in [0.29, 0.717) is 13.2 Å². The van der Waals surface area contributed by atoms with Crippen LogP contribution in [0, 0.1) is 0 Å². The van der Waals surface area contributed by atoms with Gasteiger partial charge in [0, 0.05) is 38.1 Å². The van der Waals surface area contributed by atoms with Gasteiger partial charge in [0.1, 0.15) is 12.2 Å². The zero-order chi connectivity index (χ0) is 27.4. The molecule has 39 heavy (non-hydrogen) atoms. The summed E-state index contributed by atoms with van der Waals surface area (Å²) in [5.74, 6) is 0.0481. The van der Waals surface area contributed by atoms with E-state index in [0.717, 1.165) is 31.6 Å². The first kappa shape index (κ1) is 26.8. The van der Waals surface area contributed by atoms with Gasteiger partial charge in [-0.2, -0.15) is 0 Å². The van der Waals surface area contributed by atoms with E-state index in [9.17, 15) is 9.59 Å². The van der Waals surface area contributed by atoms with Gasteiger partial charge in [-0.3, -0.25) is 4.90 Å². The lowest BCUT2D eigenvalue weighted by Crippen LogP contribution is -2.40. The molecule has 5 rings (SSSR count). The number of carbonyl (C=O) groups excluding carboxylic acids is 2. The Kier molecular flexibility index (Phi) is 7.89. The molecule has 2 aliphatic rings. The van der Waals surface area contributed by atoms with Gasteiger partial charge in [0.05, 0.1) is 0 Å². The molecule has 7 heteroatoms. The van der Waals surface area contributed by atoms with Crippen molar-refractivity contribution in [2.75, 3.05) is 19.7 Å². The maximum Gasteiger partial charge on any atom is 0.407 e. The van der Waals surface area contributed by atoms with Crippen molar-refractivity contribution in [1.29, 1.82) is 0 Å². The molecule has 3 aromatic carbocycles. The Morgan fingerprint density at radius 2 is 1.49 bits per heavy atom. The van der Waals surface area contributed by atoms with Gasteiger partial charge in [-0.15, -0.1) is 0 Å². The lowest BCUT2D eigenvalue weighted by molar-refractivity contribution is 0.0505. The summed E-state index contributed by atoms with van der Waals surface area (Å²) in [5, 5.41) is 5.85. The fourth-order valence-electron chi connectivity index (χ4n) is 5.41. The SMILES string of the molecule is CC(C)(C)OC(=O)NC1CCN(Cc2ccc(CNC(=O)OCC3c4ccccc4-c4ccccc43)cc2)C1. The lowest BCUT2D eigenvalue weighted by atomic mass is 9.98. The molecule has 2 N–H and O–H groups in total. The Balaban J connectivity index is 1.06. The highest BCUT2D eigenvalue weighted by molar-refractivity contribution is 5.79. The summed E-state index contributed by atoms with van der Waals surface area (Å²) < 4.78 is 11.0. The maximum atomic E-state index is 12.5. The number of carbonyl (C=O) groups is 2. The predicted octanol–water partition coefficient (Wildman–Crippen LogP) is 5.82. The van der Waals surface area contributed by atoms with Crippen molar-refractivity contribution in [3.05, 3.63) is 95.1 Å². The van der Waals surface area contributed by atoms with Crippen molar-refractivity contribution in [3.8, 4) is 11.1 Å². The van der Waals surface area contributed by atoms with Gasteiger partial charge >= 0.3 is 12.2 Å². The number of nitrogens with one attached hydrogen (secondary N) is 2. The largest absolute Gasteiger partial charge is 0.449 e. The number of benzene rings is 3. The Labute approximate surface area is 230 Å². The molecule has 0 aromatic heterocycles. The van der Waals surface area contributed by atoms with E-state index in [4.69, 9.17) is 9.47 Å². The van der Waals surface area contributed by atoms with Crippen LogP contribution in [0.5, 0.6) is 0 Å². The van der Waals surface area contributed by atoms with Crippen molar-refractivity contribution in [3.63, 3.8) is 0 Å².